The standard InChI is InChI=1S/C14H18N4/c1-11-2-4-13(5-3-11)18-10-14(16-17-18)12-6-8-15-9-7-12/h2-5,10,12,15H,6-9H2,1H3. The Hall–Kier alpha value is -1.68. The Labute approximate surface area is 107 Å². The second-order valence-electron chi connectivity index (χ2n) is 4.95. The quantitative estimate of drug-likeness (QED) is 0.876. The van der Waals surface area contributed by atoms with Gasteiger partial charge in [-0.25, -0.2) is 4.68 Å². The monoisotopic (exact) mass is 242 g/mol. The third-order valence-electron chi connectivity index (χ3n) is 3.57. The van der Waals surface area contributed by atoms with E-state index in [-0.39, 0.29) is 0 Å². The number of nitrogens with zero attached hydrogens (tertiary/aromatic N) is 3. The number of nitrogens with one attached hydrogen (secondary N) is 1. The van der Waals surface area contributed by atoms with Crippen molar-refractivity contribution in [3.8, 4) is 5.69 Å². The molecular weight excluding hydrogens is 224 g/mol. The van der Waals surface area contributed by atoms with Crippen molar-refractivity contribution >= 4 is 0 Å². The van der Waals surface area contributed by atoms with E-state index in [4.69, 9.17) is 0 Å². The molecule has 3 rings (SSSR count). The van der Waals surface area contributed by atoms with Crippen LogP contribution in [0.5, 0.6) is 0 Å². The van der Waals surface area contributed by atoms with Gasteiger partial charge in [0.15, 0.2) is 0 Å². The van der Waals surface area contributed by atoms with Crippen molar-refractivity contribution in [1.29, 1.82) is 0 Å². The summed E-state index contributed by atoms with van der Waals surface area (Å²) >= 11 is 0. The molecule has 0 unspecified atom stereocenters. The van der Waals surface area contributed by atoms with Gasteiger partial charge >= 0.3 is 0 Å². The Kier molecular flexibility index (Phi) is 3.11. The summed E-state index contributed by atoms with van der Waals surface area (Å²) in [7, 11) is 0. The average molecular weight is 242 g/mol. The highest BCUT2D eigenvalue weighted by Crippen LogP contribution is 2.23. The first kappa shape index (κ1) is 11.4. The average Bonchev–Trinajstić information content (AvgIpc) is 2.90. The number of piperidine rings is 1. The van der Waals surface area contributed by atoms with Crippen LogP contribution in [0.3, 0.4) is 0 Å². The molecule has 4 nitrogen and oxygen atoms in total. The first-order valence-electron chi connectivity index (χ1n) is 6.53. The fourth-order valence-corrected chi connectivity index (χ4v) is 2.41. The van der Waals surface area contributed by atoms with Gasteiger partial charge in [-0.15, -0.1) is 5.10 Å². The number of hydrogen-bond acceptors (Lipinski definition) is 3. The summed E-state index contributed by atoms with van der Waals surface area (Å²) in [5, 5.41) is 11.9. The van der Waals surface area contributed by atoms with Crippen LogP contribution in [0.2, 0.25) is 0 Å². The molecule has 0 saturated carbocycles. The van der Waals surface area contributed by atoms with Gasteiger partial charge in [0.2, 0.25) is 0 Å². The van der Waals surface area contributed by atoms with Crippen LogP contribution in [0.15, 0.2) is 30.5 Å². The van der Waals surface area contributed by atoms with Gasteiger partial charge in [0.25, 0.3) is 0 Å². The molecule has 0 spiro atoms. The molecular formula is C14H18N4. The fourth-order valence-electron chi connectivity index (χ4n) is 2.41. The molecule has 4 heteroatoms. The topological polar surface area (TPSA) is 42.7 Å². The van der Waals surface area contributed by atoms with E-state index >= 15 is 0 Å². The Morgan fingerprint density at radius 1 is 1.17 bits per heavy atom. The van der Waals surface area contributed by atoms with E-state index in [1.165, 1.54) is 5.56 Å². The predicted octanol–water partition coefficient (Wildman–Crippen LogP) is 2.04. The number of hydrogen-bond donors (Lipinski definition) is 1. The van der Waals surface area contributed by atoms with Gasteiger partial charge in [0.1, 0.15) is 0 Å². The number of benzene rings is 1. The van der Waals surface area contributed by atoms with Crippen LogP contribution in [0.1, 0.15) is 30.0 Å². The molecule has 2 heterocycles. The van der Waals surface area contributed by atoms with E-state index in [2.05, 4.69) is 53.0 Å². The maximum absolute atomic E-state index is 4.32. The summed E-state index contributed by atoms with van der Waals surface area (Å²) in [4.78, 5) is 0. The Bertz CT molecular complexity index is 509. The minimum atomic E-state index is 0.561. The van der Waals surface area contributed by atoms with Crippen molar-refractivity contribution in [2.75, 3.05) is 13.1 Å². The first-order chi connectivity index (χ1) is 8.83. The molecule has 0 bridgehead atoms. The normalized spacial score (nSPS) is 16.9. The zero-order valence-corrected chi connectivity index (χ0v) is 10.6. The van der Waals surface area contributed by atoms with E-state index in [0.717, 1.165) is 37.3 Å². The van der Waals surface area contributed by atoms with E-state index in [1.54, 1.807) is 0 Å². The molecule has 2 aromatic rings. The third-order valence-corrected chi connectivity index (χ3v) is 3.57. The van der Waals surface area contributed by atoms with Crippen LogP contribution < -0.4 is 5.32 Å². The van der Waals surface area contributed by atoms with Gasteiger partial charge in [0, 0.05) is 5.92 Å². The van der Waals surface area contributed by atoms with E-state index in [0.29, 0.717) is 5.92 Å². The van der Waals surface area contributed by atoms with Gasteiger partial charge in [-0.2, -0.15) is 0 Å². The van der Waals surface area contributed by atoms with Gasteiger partial charge in [-0.3, -0.25) is 0 Å². The molecule has 0 aliphatic carbocycles. The van der Waals surface area contributed by atoms with Gasteiger partial charge in [-0.05, 0) is 45.0 Å². The van der Waals surface area contributed by atoms with E-state index in [1.807, 2.05) is 4.68 Å². The van der Waals surface area contributed by atoms with E-state index < -0.39 is 0 Å². The molecule has 18 heavy (non-hydrogen) atoms. The van der Waals surface area contributed by atoms with Crippen molar-refractivity contribution in [2.45, 2.75) is 25.7 Å². The van der Waals surface area contributed by atoms with Crippen molar-refractivity contribution in [1.82, 2.24) is 20.3 Å². The highest BCUT2D eigenvalue weighted by atomic mass is 15.4. The molecule has 94 valence electrons. The summed E-state index contributed by atoms with van der Waals surface area (Å²) in [6, 6.07) is 8.36. The van der Waals surface area contributed by atoms with Crippen LogP contribution in [0, 0.1) is 6.92 Å². The predicted molar refractivity (Wildman–Crippen MR) is 70.9 cm³/mol. The summed E-state index contributed by atoms with van der Waals surface area (Å²) in [5.41, 5.74) is 3.46. The maximum atomic E-state index is 4.32. The molecule has 0 amide bonds. The van der Waals surface area contributed by atoms with Gasteiger partial charge in [-0.1, -0.05) is 22.9 Å². The van der Waals surface area contributed by atoms with Crippen molar-refractivity contribution in [2.24, 2.45) is 0 Å². The SMILES string of the molecule is Cc1ccc(-n2cc(C3CCNCC3)nn2)cc1. The first-order valence-corrected chi connectivity index (χ1v) is 6.53. The zero-order valence-electron chi connectivity index (χ0n) is 10.6. The van der Waals surface area contributed by atoms with Crippen molar-refractivity contribution < 1.29 is 0 Å². The second-order valence-corrected chi connectivity index (χ2v) is 4.95. The van der Waals surface area contributed by atoms with Crippen molar-refractivity contribution in [3.63, 3.8) is 0 Å². The molecule has 1 aliphatic heterocycles. The summed E-state index contributed by atoms with van der Waals surface area (Å²) < 4.78 is 1.87. The number of aromatic nitrogens is 3. The van der Waals surface area contributed by atoms with Gasteiger partial charge in [0.05, 0.1) is 17.6 Å². The minimum absolute atomic E-state index is 0.561. The van der Waals surface area contributed by atoms with Crippen LogP contribution in [0.4, 0.5) is 0 Å². The molecule has 1 aliphatic rings. The van der Waals surface area contributed by atoms with Crippen LogP contribution in [-0.2, 0) is 0 Å². The molecule has 1 saturated heterocycles. The molecule has 0 atom stereocenters. The lowest BCUT2D eigenvalue weighted by molar-refractivity contribution is 0.453. The van der Waals surface area contributed by atoms with Crippen molar-refractivity contribution in [3.05, 3.63) is 41.7 Å². The Balaban J connectivity index is 1.82. The van der Waals surface area contributed by atoms with Crippen LogP contribution >= 0.6 is 0 Å². The Morgan fingerprint density at radius 2 is 1.89 bits per heavy atom. The molecule has 1 N–H and O–H groups in total. The maximum Gasteiger partial charge on any atom is 0.0863 e. The highest BCUT2D eigenvalue weighted by molar-refractivity contribution is 5.33. The summed E-state index contributed by atoms with van der Waals surface area (Å²) in [5.74, 6) is 0.561. The smallest absolute Gasteiger partial charge is 0.0863 e. The molecule has 1 aromatic heterocycles. The molecule has 1 aromatic carbocycles. The molecule has 1 fully saturated rings. The zero-order chi connectivity index (χ0) is 12.4. The second kappa shape index (κ2) is 4.90. The lowest BCUT2D eigenvalue weighted by Crippen LogP contribution is -2.26. The summed E-state index contributed by atoms with van der Waals surface area (Å²) in [6.07, 6.45) is 4.39. The Morgan fingerprint density at radius 3 is 2.61 bits per heavy atom. The van der Waals surface area contributed by atoms with Crippen LogP contribution in [0.25, 0.3) is 5.69 Å². The van der Waals surface area contributed by atoms with E-state index in [9.17, 15) is 0 Å². The molecule has 0 radical (unpaired) electrons. The highest BCUT2D eigenvalue weighted by Gasteiger charge is 2.18. The number of aryl methyl sites for hydroxylation is 1. The number of rotatable bonds is 2. The lowest BCUT2D eigenvalue weighted by atomic mass is 9.95. The van der Waals surface area contributed by atoms with Crippen LogP contribution in [-0.4, -0.2) is 28.1 Å². The fraction of sp³-hybridized carbons (Fsp3) is 0.429. The largest absolute Gasteiger partial charge is 0.317 e. The summed E-state index contributed by atoms with van der Waals surface area (Å²) in [6.45, 7) is 4.26. The van der Waals surface area contributed by atoms with Gasteiger partial charge < -0.3 is 5.32 Å². The minimum Gasteiger partial charge on any atom is -0.317 e. The third kappa shape index (κ3) is 2.29. The lowest BCUT2D eigenvalue weighted by Gasteiger charge is -2.19.